The fourth-order valence-electron chi connectivity index (χ4n) is 4.38. The summed E-state index contributed by atoms with van der Waals surface area (Å²) in [5.41, 5.74) is 4.20. The number of rotatable bonds is 8. The average molecular weight is 487 g/mol. The smallest absolute Gasteiger partial charge is 0.215 e. The number of nitrogens with zero attached hydrogens (tertiary/aromatic N) is 3. The van der Waals surface area contributed by atoms with Gasteiger partial charge in [-0.15, -0.1) is 0 Å². The normalized spacial score (nSPS) is 11.1. The number of hydrogen-bond acceptors (Lipinski definition) is 7. The lowest BCUT2D eigenvalue weighted by atomic mass is 10.00. The highest BCUT2D eigenvalue weighted by atomic mass is 16.5. The molecule has 3 aromatic heterocycles. The first kappa shape index (κ1) is 23.2. The van der Waals surface area contributed by atoms with Crippen LogP contribution in [-0.2, 0) is 6.54 Å². The number of carbonyl (C=O) groups excluding carboxylic acids is 1. The van der Waals surface area contributed by atoms with Crippen LogP contribution >= 0.6 is 0 Å². The molecule has 0 aliphatic carbocycles. The summed E-state index contributed by atoms with van der Waals surface area (Å²) in [5.74, 6) is 2.27. The van der Waals surface area contributed by atoms with E-state index in [1.165, 1.54) is 21.3 Å². The molecule has 36 heavy (non-hydrogen) atoms. The van der Waals surface area contributed by atoms with Gasteiger partial charge in [-0.25, -0.2) is 4.98 Å². The fraction of sp³-hybridized carbons (Fsp3) is 0.222. The monoisotopic (exact) mass is 486 g/mol. The number of nitrogens with one attached hydrogen (secondary N) is 1. The Morgan fingerprint density at radius 3 is 2.28 bits per heavy atom. The summed E-state index contributed by atoms with van der Waals surface area (Å²) in [7, 11) is 6.15. The highest BCUT2D eigenvalue weighted by molar-refractivity contribution is 6.12. The largest absolute Gasteiger partial charge is 0.493 e. The molecular formula is C27H26N4O5. The summed E-state index contributed by atoms with van der Waals surface area (Å²) in [4.78, 5) is 26.0. The third-order valence-electron chi connectivity index (χ3n) is 6.20. The van der Waals surface area contributed by atoms with Crippen LogP contribution in [0, 0.1) is 0 Å². The highest BCUT2D eigenvalue weighted by Gasteiger charge is 2.20. The molecule has 0 unspecified atom stereocenters. The van der Waals surface area contributed by atoms with E-state index in [-0.39, 0.29) is 5.78 Å². The van der Waals surface area contributed by atoms with Crippen molar-refractivity contribution >= 4 is 27.9 Å². The molecule has 9 nitrogen and oxygen atoms in total. The number of aryl methyl sites for hydroxylation is 1. The summed E-state index contributed by atoms with van der Waals surface area (Å²) in [6, 6.07) is 12.7. The Balaban J connectivity index is 1.63. The van der Waals surface area contributed by atoms with Crippen LogP contribution in [0.3, 0.4) is 0 Å². The number of hydrogen-bond donors (Lipinski definition) is 1. The Hall–Kier alpha value is -4.53. The molecular weight excluding hydrogens is 460 g/mol. The molecule has 0 saturated carbocycles. The van der Waals surface area contributed by atoms with Crippen LogP contribution < -0.4 is 18.9 Å². The molecule has 5 aromatic rings. The summed E-state index contributed by atoms with van der Waals surface area (Å²) in [5, 5.41) is 0.904. The number of H-pyrrole nitrogens is 1. The third kappa shape index (κ3) is 3.78. The zero-order valence-electron chi connectivity index (χ0n) is 20.7. The number of ether oxygens (including phenoxy) is 4. The van der Waals surface area contributed by atoms with E-state index >= 15 is 0 Å². The molecule has 0 saturated heterocycles. The van der Waals surface area contributed by atoms with E-state index in [4.69, 9.17) is 23.9 Å². The van der Waals surface area contributed by atoms with Gasteiger partial charge in [0, 0.05) is 46.4 Å². The quantitative estimate of drug-likeness (QED) is 0.313. The predicted molar refractivity (Wildman–Crippen MR) is 137 cm³/mol. The van der Waals surface area contributed by atoms with Crippen LogP contribution in [0.4, 0.5) is 0 Å². The van der Waals surface area contributed by atoms with Gasteiger partial charge in [-0.1, -0.05) is 0 Å². The molecule has 0 aliphatic heterocycles. The third-order valence-corrected chi connectivity index (χ3v) is 6.20. The van der Waals surface area contributed by atoms with Crippen LogP contribution in [-0.4, -0.2) is 53.7 Å². The average Bonchev–Trinajstić information content (AvgIpc) is 3.51. The number of fused-ring (bicyclic) bond motifs is 2. The summed E-state index contributed by atoms with van der Waals surface area (Å²) in [6.45, 7) is 2.84. The number of carbonyl (C=O) groups is 1. The topological polar surface area (TPSA) is 100 Å². The SMILES string of the molecule is CCn1cc(-c2nc3nc(OC)ccc3[nH]2)c2cc(C(=O)c3cc(OC)c(OC)c(OC)c3)ccc21. The van der Waals surface area contributed by atoms with Gasteiger partial charge in [0.2, 0.25) is 11.6 Å². The van der Waals surface area contributed by atoms with Gasteiger partial charge in [-0.05, 0) is 43.3 Å². The van der Waals surface area contributed by atoms with Gasteiger partial charge in [-0.3, -0.25) is 4.79 Å². The molecule has 9 heteroatoms. The second kappa shape index (κ2) is 9.26. The molecule has 0 spiro atoms. The van der Waals surface area contributed by atoms with Gasteiger partial charge in [0.15, 0.2) is 22.9 Å². The van der Waals surface area contributed by atoms with Crippen LogP contribution in [0.25, 0.3) is 33.5 Å². The molecule has 2 aromatic carbocycles. The molecule has 5 rings (SSSR count). The molecule has 0 fully saturated rings. The van der Waals surface area contributed by atoms with Crippen molar-refractivity contribution in [3.8, 4) is 34.5 Å². The van der Waals surface area contributed by atoms with E-state index < -0.39 is 0 Å². The van der Waals surface area contributed by atoms with Gasteiger partial charge in [0.1, 0.15) is 5.82 Å². The lowest BCUT2D eigenvalue weighted by molar-refractivity contribution is 0.103. The van der Waals surface area contributed by atoms with Crippen molar-refractivity contribution in [2.45, 2.75) is 13.5 Å². The van der Waals surface area contributed by atoms with Crippen molar-refractivity contribution in [2.75, 3.05) is 28.4 Å². The van der Waals surface area contributed by atoms with E-state index in [1.807, 2.05) is 30.5 Å². The summed E-state index contributed by atoms with van der Waals surface area (Å²) in [6.07, 6.45) is 2.04. The summed E-state index contributed by atoms with van der Waals surface area (Å²) < 4.78 is 23.6. The van der Waals surface area contributed by atoms with Gasteiger partial charge >= 0.3 is 0 Å². The van der Waals surface area contributed by atoms with Gasteiger partial charge < -0.3 is 28.5 Å². The van der Waals surface area contributed by atoms with E-state index in [0.717, 1.165) is 28.5 Å². The number of benzene rings is 2. The van der Waals surface area contributed by atoms with Crippen molar-refractivity contribution in [1.82, 2.24) is 19.5 Å². The van der Waals surface area contributed by atoms with Crippen molar-refractivity contribution in [3.63, 3.8) is 0 Å². The van der Waals surface area contributed by atoms with Gasteiger partial charge in [0.25, 0.3) is 0 Å². The number of imidazole rings is 1. The zero-order valence-corrected chi connectivity index (χ0v) is 20.7. The molecule has 1 N–H and O–H groups in total. The predicted octanol–water partition coefficient (Wildman–Crippen LogP) is 4.86. The maximum atomic E-state index is 13.6. The lowest BCUT2D eigenvalue weighted by Crippen LogP contribution is -2.04. The minimum atomic E-state index is -0.164. The molecule has 0 aliphatic rings. The number of aromatic nitrogens is 4. The van der Waals surface area contributed by atoms with E-state index in [9.17, 15) is 4.79 Å². The Morgan fingerprint density at radius 2 is 1.64 bits per heavy atom. The van der Waals surface area contributed by atoms with Crippen molar-refractivity contribution < 1.29 is 23.7 Å². The second-order valence-corrected chi connectivity index (χ2v) is 8.11. The van der Waals surface area contributed by atoms with Gasteiger partial charge in [-0.2, -0.15) is 4.98 Å². The van der Waals surface area contributed by atoms with Crippen LogP contribution in [0.1, 0.15) is 22.8 Å². The Labute approximate surface area is 207 Å². The van der Waals surface area contributed by atoms with Crippen molar-refractivity contribution in [3.05, 3.63) is 59.8 Å². The first-order valence-electron chi connectivity index (χ1n) is 11.4. The summed E-state index contributed by atoms with van der Waals surface area (Å²) >= 11 is 0. The lowest BCUT2D eigenvalue weighted by Gasteiger charge is -2.14. The van der Waals surface area contributed by atoms with Crippen LogP contribution in [0.2, 0.25) is 0 Å². The maximum absolute atomic E-state index is 13.6. The fourth-order valence-corrected chi connectivity index (χ4v) is 4.38. The van der Waals surface area contributed by atoms with E-state index in [2.05, 4.69) is 21.5 Å². The molecule has 3 heterocycles. The van der Waals surface area contributed by atoms with Gasteiger partial charge in [0.05, 0.1) is 34.0 Å². The number of methoxy groups -OCH3 is 4. The van der Waals surface area contributed by atoms with Crippen LogP contribution in [0.5, 0.6) is 23.1 Å². The Kier molecular flexibility index (Phi) is 5.97. The first-order valence-corrected chi connectivity index (χ1v) is 11.4. The zero-order chi connectivity index (χ0) is 25.4. The number of ketones is 1. The Morgan fingerprint density at radius 1 is 0.889 bits per heavy atom. The standard InChI is InChI=1S/C27H26N4O5/c1-6-31-14-18(26-28-19-8-10-23(35-4)29-27(19)30-26)17-11-15(7-9-20(17)31)24(32)16-12-21(33-2)25(36-5)22(13-16)34-3/h7-14H,6H2,1-5H3,(H,28,29,30). The van der Waals surface area contributed by atoms with Crippen molar-refractivity contribution in [2.24, 2.45) is 0 Å². The molecule has 0 radical (unpaired) electrons. The Bertz CT molecular complexity index is 1580. The number of pyridine rings is 1. The molecule has 0 bridgehead atoms. The maximum Gasteiger partial charge on any atom is 0.215 e. The van der Waals surface area contributed by atoms with E-state index in [0.29, 0.717) is 45.7 Å². The van der Waals surface area contributed by atoms with Crippen molar-refractivity contribution in [1.29, 1.82) is 0 Å². The number of aromatic amines is 1. The minimum absolute atomic E-state index is 0.164. The van der Waals surface area contributed by atoms with E-state index in [1.54, 1.807) is 25.3 Å². The molecule has 0 atom stereocenters. The highest BCUT2D eigenvalue weighted by Crippen LogP contribution is 2.39. The first-order chi connectivity index (χ1) is 17.5. The second-order valence-electron chi connectivity index (χ2n) is 8.11. The minimum Gasteiger partial charge on any atom is -0.493 e. The molecule has 184 valence electrons. The molecule has 0 amide bonds. The van der Waals surface area contributed by atoms with Crippen LogP contribution in [0.15, 0.2) is 48.7 Å².